The molecule has 0 spiro atoms. The van der Waals surface area contributed by atoms with Crippen molar-refractivity contribution in [3.63, 3.8) is 0 Å². The summed E-state index contributed by atoms with van der Waals surface area (Å²) in [7, 11) is 0. The molecule has 23 heavy (non-hydrogen) atoms. The minimum Gasteiger partial charge on any atom is -0.354 e. The van der Waals surface area contributed by atoms with Crippen LogP contribution in [0.2, 0.25) is 0 Å². The molecular weight excluding hydrogens is 292 g/mol. The SMILES string of the molecule is O=[N+]([O-])c1ccc(CN=C(NC2CCCCC2)NC2CC2)cc1. The standard InChI is InChI=1S/C17H24N4O2/c22-21(23)16-10-6-13(7-11-16)12-18-17(20-15-8-9-15)19-14-4-2-1-3-5-14/h6-7,10-11,14-15H,1-5,8-9,12H2,(H2,18,19,20). The average Bonchev–Trinajstić information content (AvgIpc) is 3.38. The average molecular weight is 316 g/mol. The molecule has 0 radical (unpaired) electrons. The van der Waals surface area contributed by atoms with Gasteiger partial charge in [-0.15, -0.1) is 0 Å². The van der Waals surface area contributed by atoms with E-state index in [1.807, 2.05) is 0 Å². The first-order valence-corrected chi connectivity index (χ1v) is 8.51. The fraction of sp³-hybridized carbons (Fsp3) is 0.588. The van der Waals surface area contributed by atoms with E-state index in [1.165, 1.54) is 57.1 Å². The monoisotopic (exact) mass is 316 g/mol. The van der Waals surface area contributed by atoms with Crippen LogP contribution in [0.15, 0.2) is 29.3 Å². The number of nitro groups is 1. The summed E-state index contributed by atoms with van der Waals surface area (Å²) >= 11 is 0. The minimum absolute atomic E-state index is 0.120. The van der Waals surface area contributed by atoms with Crippen LogP contribution in [0.25, 0.3) is 0 Å². The number of nitrogens with one attached hydrogen (secondary N) is 2. The summed E-state index contributed by atoms with van der Waals surface area (Å²) < 4.78 is 0. The van der Waals surface area contributed by atoms with Crippen LogP contribution in [0.3, 0.4) is 0 Å². The quantitative estimate of drug-likeness (QED) is 0.378. The van der Waals surface area contributed by atoms with Crippen molar-refractivity contribution in [2.24, 2.45) is 4.99 Å². The molecule has 2 aliphatic carbocycles. The number of aliphatic imine (C=N–C) groups is 1. The van der Waals surface area contributed by atoms with Gasteiger partial charge in [0.25, 0.3) is 5.69 Å². The molecule has 0 saturated heterocycles. The zero-order chi connectivity index (χ0) is 16.1. The van der Waals surface area contributed by atoms with Gasteiger partial charge in [0.2, 0.25) is 0 Å². The molecule has 6 nitrogen and oxygen atoms in total. The molecule has 0 atom stereocenters. The number of rotatable bonds is 5. The number of nitrogens with zero attached hydrogens (tertiary/aromatic N) is 2. The molecule has 0 amide bonds. The molecule has 2 N–H and O–H groups in total. The highest BCUT2D eigenvalue weighted by Crippen LogP contribution is 2.20. The van der Waals surface area contributed by atoms with Gasteiger partial charge in [-0.25, -0.2) is 4.99 Å². The number of hydrogen-bond acceptors (Lipinski definition) is 3. The third-order valence-electron chi connectivity index (χ3n) is 4.43. The van der Waals surface area contributed by atoms with E-state index in [0.29, 0.717) is 18.6 Å². The molecule has 2 saturated carbocycles. The van der Waals surface area contributed by atoms with Crippen LogP contribution >= 0.6 is 0 Å². The van der Waals surface area contributed by atoms with Crippen LogP contribution in [-0.2, 0) is 6.54 Å². The first-order valence-electron chi connectivity index (χ1n) is 8.51. The van der Waals surface area contributed by atoms with Crippen LogP contribution < -0.4 is 10.6 Å². The van der Waals surface area contributed by atoms with E-state index in [0.717, 1.165) is 11.5 Å². The fourth-order valence-corrected chi connectivity index (χ4v) is 2.89. The van der Waals surface area contributed by atoms with Crippen molar-refractivity contribution in [2.45, 2.75) is 63.6 Å². The second-order valence-corrected chi connectivity index (χ2v) is 6.49. The van der Waals surface area contributed by atoms with E-state index < -0.39 is 0 Å². The molecule has 0 heterocycles. The summed E-state index contributed by atoms with van der Waals surface area (Å²) in [5.41, 5.74) is 1.10. The molecule has 1 aromatic rings. The van der Waals surface area contributed by atoms with Gasteiger partial charge in [-0.3, -0.25) is 10.1 Å². The van der Waals surface area contributed by atoms with Crippen LogP contribution in [0, 0.1) is 10.1 Å². The second-order valence-electron chi connectivity index (χ2n) is 6.49. The molecule has 0 bridgehead atoms. The summed E-state index contributed by atoms with van der Waals surface area (Å²) in [5.74, 6) is 0.887. The van der Waals surface area contributed by atoms with Crippen molar-refractivity contribution in [1.29, 1.82) is 0 Å². The predicted molar refractivity (Wildman–Crippen MR) is 90.4 cm³/mol. The number of benzene rings is 1. The highest BCUT2D eigenvalue weighted by Gasteiger charge is 2.23. The second kappa shape index (κ2) is 7.44. The molecular formula is C17H24N4O2. The lowest BCUT2D eigenvalue weighted by Gasteiger charge is -2.25. The summed E-state index contributed by atoms with van der Waals surface area (Å²) in [6.45, 7) is 0.534. The van der Waals surface area contributed by atoms with Crippen molar-refractivity contribution >= 4 is 11.6 Å². The van der Waals surface area contributed by atoms with Crippen LogP contribution in [0.5, 0.6) is 0 Å². The smallest absolute Gasteiger partial charge is 0.269 e. The number of non-ortho nitro benzene ring substituents is 1. The lowest BCUT2D eigenvalue weighted by Crippen LogP contribution is -2.45. The van der Waals surface area contributed by atoms with E-state index in [4.69, 9.17) is 0 Å². The molecule has 6 heteroatoms. The molecule has 2 fully saturated rings. The Morgan fingerprint density at radius 2 is 1.65 bits per heavy atom. The highest BCUT2D eigenvalue weighted by atomic mass is 16.6. The Balaban J connectivity index is 1.60. The van der Waals surface area contributed by atoms with E-state index in [-0.39, 0.29) is 10.6 Å². The molecule has 0 aromatic heterocycles. The van der Waals surface area contributed by atoms with Gasteiger partial charge in [-0.2, -0.15) is 0 Å². The van der Waals surface area contributed by atoms with Gasteiger partial charge in [0.15, 0.2) is 5.96 Å². The number of hydrogen-bond donors (Lipinski definition) is 2. The topological polar surface area (TPSA) is 79.6 Å². The van der Waals surface area contributed by atoms with Crippen LogP contribution in [0.4, 0.5) is 5.69 Å². The van der Waals surface area contributed by atoms with Gasteiger partial charge < -0.3 is 10.6 Å². The first kappa shape index (κ1) is 15.8. The third-order valence-corrected chi connectivity index (χ3v) is 4.43. The maximum atomic E-state index is 10.7. The van der Waals surface area contributed by atoms with Crippen molar-refractivity contribution in [1.82, 2.24) is 10.6 Å². The number of nitro benzene ring substituents is 1. The summed E-state index contributed by atoms with van der Waals surface area (Å²) in [6, 6.07) is 7.70. The Kier molecular flexibility index (Phi) is 5.10. The molecule has 124 valence electrons. The van der Waals surface area contributed by atoms with E-state index in [9.17, 15) is 10.1 Å². The third kappa shape index (κ3) is 4.94. The van der Waals surface area contributed by atoms with Crippen LogP contribution in [0.1, 0.15) is 50.5 Å². The molecule has 2 aliphatic rings. The maximum Gasteiger partial charge on any atom is 0.269 e. The Morgan fingerprint density at radius 3 is 2.22 bits per heavy atom. The first-order chi connectivity index (χ1) is 11.2. The summed E-state index contributed by atoms with van der Waals surface area (Å²) in [4.78, 5) is 15.0. The minimum atomic E-state index is -0.377. The Labute approximate surface area is 136 Å². The van der Waals surface area contributed by atoms with E-state index in [1.54, 1.807) is 12.1 Å². The number of guanidine groups is 1. The van der Waals surface area contributed by atoms with Crippen molar-refractivity contribution in [3.8, 4) is 0 Å². The normalized spacial score (nSPS) is 19.4. The summed E-state index contributed by atoms with van der Waals surface area (Å²) in [5, 5.41) is 17.7. The molecule has 1 aromatic carbocycles. The van der Waals surface area contributed by atoms with Gasteiger partial charge in [0.1, 0.15) is 0 Å². The van der Waals surface area contributed by atoms with Crippen molar-refractivity contribution in [2.75, 3.05) is 0 Å². The molecule has 3 rings (SSSR count). The zero-order valence-electron chi connectivity index (χ0n) is 13.3. The molecule has 0 unspecified atom stereocenters. The Hall–Kier alpha value is -2.11. The zero-order valence-corrected chi connectivity index (χ0v) is 13.3. The molecule has 0 aliphatic heterocycles. The largest absolute Gasteiger partial charge is 0.354 e. The summed E-state index contributed by atoms with van der Waals surface area (Å²) in [6.07, 6.45) is 8.76. The Morgan fingerprint density at radius 1 is 1.04 bits per heavy atom. The van der Waals surface area contributed by atoms with Crippen molar-refractivity contribution in [3.05, 3.63) is 39.9 Å². The van der Waals surface area contributed by atoms with E-state index in [2.05, 4.69) is 15.6 Å². The van der Waals surface area contributed by atoms with Gasteiger partial charge in [0, 0.05) is 24.2 Å². The van der Waals surface area contributed by atoms with Crippen molar-refractivity contribution < 1.29 is 4.92 Å². The Bertz CT molecular complexity index is 560. The highest BCUT2D eigenvalue weighted by molar-refractivity contribution is 5.80. The van der Waals surface area contributed by atoms with Gasteiger partial charge >= 0.3 is 0 Å². The van der Waals surface area contributed by atoms with Gasteiger partial charge in [0.05, 0.1) is 11.5 Å². The lowest BCUT2D eigenvalue weighted by molar-refractivity contribution is -0.384. The predicted octanol–water partition coefficient (Wildman–Crippen LogP) is 3.13. The lowest BCUT2D eigenvalue weighted by atomic mass is 9.96. The van der Waals surface area contributed by atoms with Crippen LogP contribution in [-0.4, -0.2) is 23.0 Å². The fourth-order valence-electron chi connectivity index (χ4n) is 2.89. The van der Waals surface area contributed by atoms with Gasteiger partial charge in [-0.1, -0.05) is 31.4 Å². The van der Waals surface area contributed by atoms with E-state index >= 15 is 0 Å². The van der Waals surface area contributed by atoms with Gasteiger partial charge in [-0.05, 0) is 31.2 Å². The maximum absolute atomic E-state index is 10.7.